The summed E-state index contributed by atoms with van der Waals surface area (Å²) in [5.74, 6) is 1.06. The van der Waals surface area contributed by atoms with Crippen LogP contribution in [-0.2, 0) is 4.74 Å². The van der Waals surface area contributed by atoms with E-state index in [1.54, 1.807) is 17.7 Å². The van der Waals surface area contributed by atoms with Gasteiger partial charge >= 0.3 is 0 Å². The molecule has 1 saturated heterocycles. The summed E-state index contributed by atoms with van der Waals surface area (Å²) in [7, 11) is 0. The summed E-state index contributed by atoms with van der Waals surface area (Å²) < 4.78 is 5.70. The number of fused-ring (bicyclic) bond motifs is 1. The minimum atomic E-state index is 0.235. The molecule has 3 rings (SSSR count). The number of ether oxygens (including phenoxy) is 1. The Morgan fingerprint density at radius 1 is 1.47 bits per heavy atom. The van der Waals surface area contributed by atoms with Crippen molar-refractivity contribution < 1.29 is 4.74 Å². The van der Waals surface area contributed by atoms with Gasteiger partial charge in [-0.1, -0.05) is 15.9 Å². The first-order valence-corrected chi connectivity index (χ1v) is 8.27. The van der Waals surface area contributed by atoms with Gasteiger partial charge in [0.15, 0.2) is 0 Å². The molecule has 1 atom stereocenters. The van der Waals surface area contributed by atoms with Crippen molar-refractivity contribution in [1.82, 2.24) is 9.97 Å². The molecule has 102 valence electrons. The van der Waals surface area contributed by atoms with E-state index < -0.39 is 0 Å². The molecule has 0 bridgehead atoms. The highest BCUT2D eigenvalue weighted by molar-refractivity contribution is 9.09. The van der Waals surface area contributed by atoms with Crippen LogP contribution in [0.1, 0.15) is 10.4 Å². The summed E-state index contributed by atoms with van der Waals surface area (Å²) in [5.41, 5.74) is 1.30. The largest absolute Gasteiger partial charge is 0.374 e. The Balaban J connectivity index is 2.04. The highest BCUT2D eigenvalue weighted by Crippen LogP contribution is 2.34. The molecule has 19 heavy (non-hydrogen) atoms. The van der Waals surface area contributed by atoms with E-state index in [1.165, 1.54) is 15.8 Å². The number of anilines is 1. The van der Waals surface area contributed by atoms with Crippen molar-refractivity contribution in [2.45, 2.75) is 20.0 Å². The van der Waals surface area contributed by atoms with E-state index in [0.717, 1.165) is 35.7 Å². The maximum absolute atomic E-state index is 5.70. The highest BCUT2D eigenvalue weighted by Gasteiger charge is 2.23. The van der Waals surface area contributed by atoms with Crippen molar-refractivity contribution in [3.63, 3.8) is 0 Å². The van der Waals surface area contributed by atoms with Crippen LogP contribution in [0.5, 0.6) is 0 Å². The lowest BCUT2D eigenvalue weighted by Gasteiger charge is -2.33. The van der Waals surface area contributed by atoms with Gasteiger partial charge < -0.3 is 9.64 Å². The van der Waals surface area contributed by atoms with E-state index in [4.69, 9.17) is 4.74 Å². The number of halogens is 1. The standard InChI is InChI=1S/C13H16BrN3OS/c1-8-9(2)19-13-11(8)12(15-7-16-13)17-3-4-18-10(5-14)6-17/h7,10H,3-6H2,1-2H3. The Hall–Kier alpha value is -0.720. The number of nitrogens with zero attached hydrogens (tertiary/aromatic N) is 3. The molecule has 3 heterocycles. The number of aryl methyl sites for hydroxylation is 2. The van der Waals surface area contributed by atoms with Gasteiger partial charge in [0, 0.05) is 23.3 Å². The summed E-state index contributed by atoms with van der Waals surface area (Å²) in [4.78, 5) is 13.6. The normalized spacial score (nSPS) is 20.2. The van der Waals surface area contributed by atoms with Crippen LogP contribution in [0.3, 0.4) is 0 Å². The average molecular weight is 342 g/mol. The van der Waals surface area contributed by atoms with Gasteiger partial charge in [-0.25, -0.2) is 9.97 Å². The van der Waals surface area contributed by atoms with Crippen molar-refractivity contribution >= 4 is 43.3 Å². The molecule has 0 radical (unpaired) electrons. The van der Waals surface area contributed by atoms with Gasteiger partial charge in [-0.15, -0.1) is 11.3 Å². The topological polar surface area (TPSA) is 38.2 Å². The molecule has 1 aliphatic rings. The van der Waals surface area contributed by atoms with Crippen molar-refractivity contribution in [3.05, 3.63) is 16.8 Å². The number of thiophene rings is 1. The quantitative estimate of drug-likeness (QED) is 0.787. The lowest BCUT2D eigenvalue weighted by molar-refractivity contribution is 0.0569. The van der Waals surface area contributed by atoms with Gasteiger partial charge in [-0.3, -0.25) is 0 Å². The molecule has 1 unspecified atom stereocenters. The fourth-order valence-corrected chi connectivity index (χ4v) is 3.79. The fourth-order valence-electron chi connectivity index (χ4n) is 2.41. The zero-order chi connectivity index (χ0) is 13.4. The molecule has 0 saturated carbocycles. The van der Waals surface area contributed by atoms with Crippen LogP contribution in [0.2, 0.25) is 0 Å². The van der Waals surface area contributed by atoms with Gasteiger partial charge in [-0.05, 0) is 19.4 Å². The second kappa shape index (κ2) is 5.34. The molecule has 0 N–H and O–H groups in total. The van der Waals surface area contributed by atoms with Crippen LogP contribution >= 0.6 is 27.3 Å². The predicted molar refractivity (Wildman–Crippen MR) is 82.6 cm³/mol. The number of morpholine rings is 1. The molecule has 0 amide bonds. The first kappa shape index (κ1) is 13.3. The second-order valence-electron chi connectivity index (χ2n) is 4.75. The first-order valence-electron chi connectivity index (χ1n) is 6.34. The molecule has 2 aromatic heterocycles. The van der Waals surface area contributed by atoms with Crippen molar-refractivity contribution in [1.29, 1.82) is 0 Å². The van der Waals surface area contributed by atoms with Crippen LogP contribution in [0.15, 0.2) is 6.33 Å². The Labute approximate surface area is 124 Å². The number of rotatable bonds is 2. The number of alkyl halides is 1. The number of hydrogen-bond donors (Lipinski definition) is 0. The highest BCUT2D eigenvalue weighted by atomic mass is 79.9. The van der Waals surface area contributed by atoms with Crippen LogP contribution in [0.25, 0.3) is 10.2 Å². The Morgan fingerprint density at radius 3 is 3.11 bits per heavy atom. The van der Waals surface area contributed by atoms with Crippen molar-refractivity contribution in [2.75, 3.05) is 29.9 Å². The van der Waals surface area contributed by atoms with Crippen LogP contribution in [0.4, 0.5) is 5.82 Å². The smallest absolute Gasteiger partial charge is 0.141 e. The first-order chi connectivity index (χ1) is 9.20. The van der Waals surface area contributed by atoms with E-state index in [0.29, 0.717) is 0 Å². The maximum Gasteiger partial charge on any atom is 0.141 e. The summed E-state index contributed by atoms with van der Waals surface area (Å²) in [6.45, 7) is 6.83. The van der Waals surface area contributed by atoms with Gasteiger partial charge in [0.1, 0.15) is 17.0 Å². The van der Waals surface area contributed by atoms with Crippen LogP contribution in [-0.4, -0.2) is 41.1 Å². The molecule has 0 aromatic carbocycles. The van der Waals surface area contributed by atoms with E-state index in [9.17, 15) is 0 Å². The minimum Gasteiger partial charge on any atom is -0.374 e. The monoisotopic (exact) mass is 341 g/mol. The molecule has 0 spiro atoms. The van der Waals surface area contributed by atoms with Crippen molar-refractivity contribution in [3.8, 4) is 0 Å². The van der Waals surface area contributed by atoms with Crippen LogP contribution < -0.4 is 4.90 Å². The molecular weight excluding hydrogens is 326 g/mol. The van der Waals surface area contributed by atoms with Gasteiger partial charge in [0.05, 0.1) is 18.1 Å². The average Bonchev–Trinajstić information content (AvgIpc) is 2.74. The third-order valence-corrected chi connectivity index (χ3v) is 5.39. The number of hydrogen-bond acceptors (Lipinski definition) is 5. The van der Waals surface area contributed by atoms with E-state index in [1.807, 2.05) is 0 Å². The molecule has 4 nitrogen and oxygen atoms in total. The Kier molecular flexibility index (Phi) is 3.73. The van der Waals surface area contributed by atoms with E-state index >= 15 is 0 Å². The minimum absolute atomic E-state index is 0.235. The SMILES string of the molecule is Cc1sc2ncnc(N3CCOC(CBr)C3)c2c1C. The summed E-state index contributed by atoms with van der Waals surface area (Å²) in [6.07, 6.45) is 1.91. The Morgan fingerprint density at radius 2 is 2.32 bits per heavy atom. The second-order valence-corrected chi connectivity index (χ2v) is 6.60. The van der Waals surface area contributed by atoms with Gasteiger partial charge in [-0.2, -0.15) is 0 Å². The van der Waals surface area contributed by atoms with E-state index in [-0.39, 0.29) is 6.10 Å². The zero-order valence-electron chi connectivity index (χ0n) is 11.0. The summed E-state index contributed by atoms with van der Waals surface area (Å²) in [6, 6.07) is 0. The maximum atomic E-state index is 5.70. The Bertz CT molecular complexity index is 601. The molecule has 6 heteroatoms. The third kappa shape index (κ3) is 2.37. The summed E-state index contributed by atoms with van der Waals surface area (Å²) in [5, 5.41) is 2.07. The molecule has 2 aromatic rings. The molecular formula is C13H16BrN3OS. The fraction of sp³-hybridized carbons (Fsp3) is 0.538. The zero-order valence-corrected chi connectivity index (χ0v) is 13.4. The van der Waals surface area contributed by atoms with Crippen molar-refractivity contribution in [2.24, 2.45) is 0 Å². The lowest BCUT2D eigenvalue weighted by Crippen LogP contribution is -2.43. The predicted octanol–water partition coefficient (Wildman–Crippen LogP) is 2.91. The molecule has 0 aliphatic carbocycles. The van der Waals surface area contributed by atoms with E-state index in [2.05, 4.69) is 44.6 Å². The van der Waals surface area contributed by atoms with Gasteiger partial charge in [0.25, 0.3) is 0 Å². The lowest BCUT2D eigenvalue weighted by atomic mass is 10.2. The molecule has 1 fully saturated rings. The number of aromatic nitrogens is 2. The van der Waals surface area contributed by atoms with Crippen LogP contribution in [0, 0.1) is 13.8 Å². The summed E-state index contributed by atoms with van der Waals surface area (Å²) >= 11 is 5.24. The third-order valence-electron chi connectivity index (χ3n) is 3.56. The van der Waals surface area contributed by atoms with Gasteiger partial charge in [0.2, 0.25) is 0 Å². The molecule has 1 aliphatic heterocycles.